The molecule has 1 N–H and O–H groups in total. The van der Waals surface area contributed by atoms with Crippen LogP contribution in [0.25, 0.3) is 0 Å². The molecule has 2 rings (SSSR count). The van der Waals surface area contributed by atoms with E-state index in [2.05, 4.69) is 24.4 Å². The predicted molar refractivity (Wildman–Crippen MR) is 51.3 cm³/mol. The molecule has 1 aromatic rings. The minimum Gasteiger partial charge on any atom is -0.304 e. The lowest BCUT2D eigenvalue weighted by Gasteiger charge is -2.12. The molecule has 1 saturated carbocycles. The topological polar surface area (TPSA) is 12.0 Å². The summed E-state index contributed by atoms with van der Waals surface area (Å²) in [6.45, 7) is 2.07. The lowest BCUT2D eigenvalue weighted by atomic mass is 10.1. The first-order valence-electron chi connectivity index (χ1n) is 4.72. The molecule has 0 saturated heterocycles. The normalized spacial score (nSPS) is 28.5. The van der Waals surface area contributed by atoms with Crippen LogP contribution in [-0.2, 0) is 0 Å². The standard InChI is InChI=1S/C11H14FN/c1-8(13-11-7-10(11)12)9-5-3-2-4-6-9/h2-6,8,10-11,13H,7H2,1H3. The van der Waals surface area contributed by atoms with Gasteiger partial charge in [0.15, 0.2) is 0 Å². The third-order valence-corrected chi connectivity index (χ3v) is 2.48. The van der Waals surface area contributed by atoms with Crippen LogP contribution in [0.4, 0.5) is 4.39 Å². The predicted octanol–water partition coefficient (Wildman–Crippen LogP) is 2.45. The fraction of sp³-hybridized carbons (Fsp3) is 0.455. The maximum absolute atomic E-state index is 12.6. The molecule has 0 spiro atoms. The number of alkyl halides is 1. The molecule has 0 radical (unpaired) electrons. The second-order valence-electron chi connectivity index (χ2n) is 3.66. The molecule has 2 heteroatoms. The van der Waals surface area contributed by atoms with Gasteiger partial charge in [-0.1, -0.05) is 30.3 Å². The highest BCUT2D eigenvalue weighted by molar-refractivity contribution is 5.18. The van der Waals surface area contributed by atoms with Gasteiger partial charge in [-0.05, 0) is 18.9 Å². The summed E-state index contributed by atoms with van der Waals surface area (Å²) in [5.41, 5.74) is 1.22. The Morgan fingerprint density at radius 1 is 1.38 bits per heavy atom. The highest BCUT2D eigenvalue weighted by Gasteiger charge is 2.37. The zero-order valence-electron chi connectivity index (χ0n) is 7.70. The van der Waals surface area contributed by atoms with Gasteiger partial charge in [-0.2, -0.15) is 0 Å². The lowest BCUT2D eigenvalue weighted by molar-refractivity contribution is 0.431. The van der Waals surface area contributed by atoms with Gasteiger partial charge in [0.1, 0.15) is 6.17 Å². The number of nitrogens with one attached hydrogen (secondary N) is 1. The molecule has 3 unspecified atom stereocenters. The summed E-state index contributed by atoms with van der Waals surface area (Å²) in [4.78, 5) is 0. The number of halogens is 1. The minimum atomic E-state index is -0.619. The van der Waals surface area contributed by atoms with Crippen molar-refractivity contribution in [2.24, 2.45) is 0 Å². The van der Waals surface area contributed by atoms with Crippen LogP contribution in [0.15, 0.2) is 30.3 Å². The molecule has 0 amide bonds. The smallest absolute Gasteiger partial charge is 0.117 e. The van der Waals surface area contributed by atoms with E-state index in [1.54, 1.807) is 0 Å². The van der Waals surface area contributed by atoms with Gasteiger partial charge in [0.2, 0.25) is 0 Å². The van der Waals surface area contributed by atoms with Gasteiger partial charge < -0.3 is 5.32 Å². The van der Waals surface area contributed by atoms with Crippen molar-refractivity contribution in [3.8, 4) is 0 Å². The first-order valence-corrected chi connectivity index (χ1v) is 4.72. The molecule has 1 aromatic carbocycles. The van der Waals surface area contributed by atoms with Crippen LogP contribution in [0.3, 0.4) is 0 Å². The van der Waals surface area contributed by atoms with E-state index in [0.717, 1.165) is 0 Å². The SMILES string of the molecule is CC(NC1CC1F)c1ccccc1. The highest BCUT2D eigenvalue weighted by Crippen LogP contribution is 2.27. The van der Waals surface area contributed by atoms with Crippen LogP contribution < -0.4 is 5.32 Å². The first kappa shape index (κ1) is 8.70. The largest absolute Gasteiger partial charge is 0.304 e. The highest BCUT2D eigenvalue weighted by atomic mass is 19.1. The van der Waals surface area contributed by atoms with Crippen molar-refractivity contribution in [2.45, 2.75) is 31.6 Å². The molecule has 3 atom stereocenters. The summed E-state index contributed by atoms with van der Waals surface area (Å²) in [5.74, 6) is 0. The quantitative estimate of drug-likeness (QED) is 0.751. The van der Waals surface area contributed by atoms with Gasteiger partial charge in [-0.25, -0.2) is 4.39 Å². The Hall–Kier alpha value is -0.890. The second kappa shape index (κ2) is 3.46. The van der Waals surface area contributed by atoms with E-state index in [-0.39, 0.29) is 12.1 Å². The van der Waals surface area contributed by atoms with Crippen LogP contribution in [-0.4, -0.2) is 12.2 Å². The van der Waals surface area contributed by atoms with Crippen molar-refractivity contribution in [3.63, 3.8) is 0 Å². The van der Waals surface area contributed by atoms with Crippen LogP contribution >= 0.6 is 0 Å². The fourth-order valence-corrected chi connectivity index (χ4v) is 1.50. The summed E-state index contributed by atoms with van der Waals surface area (Å²) in [5, 5.41) is 3.24. The molecule has 0 bridgehead atoms. The van der Waals surface area contributed by atoms with Gasteiger partial charge in [-0.3, -0.25) is 0 Å². The Balaban J connectivity index is 1.94. The maximum atomic E-state index is 12.6. The van der Waals surface area contributed by atoms with Crippen molar-refractivity contribution < 1.29 is 4.39 Å². The van der Waals surface area contributed by atoms with E-state index in [1.807, 2.05) is 18.2 Å². The zero-order valence-corrected chi connectivity index (χ0v) is 7.70. The summed E-state index contributed by atoms with van der Waals surface area (Å²) >= 11 is 0. The number of hydrogen-bond acceptors (Lipinski definition) is 1. The molecule has 70 valence electrons. The summed E-state index contributed by atoms with van der Waals surface area (Å²) in [6, 6.07) is 10.5. The van der Waals surface area contributed by atoms with Crippen molar-refractivity contribution >= 4 is 0 Å². The summed E-state index contributed by atoms with van der Waals surface area (Å²) < 4.78 is 12.6. The van der Waals surface area contributed by atoms with E-state index >= 15 is 0 Å². The third kappa shape index (κ3) is 2.07. The lowest BCUT2D eigenvalue weighted by Crippen LogP contribution is -2.22. The van der Waals surface area contributed by atoms with E-state index < -0.39 is 6.17 Å². The van der Waals surface area contributed by atoms with E-state index in [0.29, 0.717) is 6.42 Å². The van der Waals surface area contributed by atoms with Crippen molar-refractivity contribution in [2.75, 3.05) is 0 Å². The van der Waals surface area contributed by atoms with Crippen LogP contribution in [0, 0.1) is 0 Å². The molecule has 1 aliphatic carbocycles. The van der Waals surface area contributed by atoms with Gasteiger partial charge in [0.25, 0.3) is 0 Å². The Labute approximate surface area is 78.0 Å². The van der Waals surface area contributed by atoms with Crippen molar-refractivity contribution in [3.05, 3.63) is 35.9 Å². The Bertz CT molecular complexity index is 273. The summed E-state index contributed by atoms with van der Waals surface area (Å²) in [6.07, 6.45) is 0.0585. The fourth-order valence-electron chi connectivity index (χ4n) is 1.50. The molecule has 1 fully saturated rings. The van der Waals surface area contributed by atoms with Crippen LogP contribution in [0.1, 0.15) is 24.9 Å². The van der Waals surface area contributed by atoms with Crippen LogP contribution in [0.2, 0.25) is 0 Å². The molecule has 1 aliphatic rings. The van der Waals surface area contributed by atoms with Gasteiger partial charge >= 0.3 is 0 Å². The molecule has 0 aromatic heterocycles. The van der Waals surface area contributed by atoms with Crippen molar-refractivity contribution in [1.82, 2.24) is 5.32 Å². The molecule has 13 heavy (non-hydrogen) atoms. The summed E-state index contributed by atoms with van der Waals surface area (Å²) in [7, 11) is 0. The zero-order chi connectivity index (χ0) is 9.26. The minimum absolute atomic E-state index is 0.0928. The average molecular weight is 179 g/mol. The second-order valence-corrected chi connectivity index (χ2v) is 3.66. The Morgan fingerprint density at radius 2 is 2.00 bits per heavy atom. The van der Waals surface area contributed by atoms with E-state index in [1.165, 1.54) is 5.56 Å². The van der Waals surface area contributed by atoms with E-state index in [9.17, 15) is 4.39 Å². The Morgan fingerprint density at radius 3 is 2.54 bits per heavy atom. The van der Waals surface area contributed by atoms with Crippen molar-refractivity contribution in [1.29, 1.82) is 0 Å². The molecular formula is C11H14FN. The number of rotatable bonds is 3. The number of hydrogen-bond donors (Lipinski definition) is 1. The molecular weight excluding hydrogens is 165 g/mol. The van der Waals surface area contributed by atoms with Gasteiger partial charge in [-0.15, -0.1) is 0 Å². The van der Waals surface area contributed by atoms with Gasteiger partial charge in [0, 0.05) is 12.1 Å². The van der Waals surface area contributed by atoms with Gasteiger partial charge in [0.05, 0.1) is 0 Å². The molecule has 0 heterocycles. The third-order valence-electron chi connectivity index (χ3n) is 2.48. The maximum Gasteiger partial charge on any atom is 0.117 e. The monoisotopic (exact) mass is 179 g/mol. The Kier molecular flexibility index (Phi) is 2.32. The first-order chi connectivity index (χ1) is 6.27. The molecule has 1 nitrogen and oxygen atoms in total. The number of benzene rings is 1. The van der Waals surface area contributed by atoms with Crippen LogP contribution in [0.5, 0.6) is 0 Å². The average Bonchev–Trinajstić information content (AvgIpc) is 2.83. The molecule has 0 aliphatic heterocycles. The van der Waals surface area contributed by atoms with E-state index in [4.69, 9.17) is 0 Å².